The van der Waals surface area contributed by atoms with Gasteiger partial charge in [-0.1, -0.05) is 18.2 Å². The minimum atomic E-state index is -0.290. The zero-order valence-corrected chi connectivity index (χ0v) is 12.5. The van der Waals surface area contributed by atoms with E-state index in [1.807, 2.05) is 6.07 Å². The normalized spacial score (nSPS) is 15.8. The van der Waals surface area contributed by atoms with Gasteiger partial charge in [0.2, 0.25) is 0 Å². The van der Waals surface area contributed by atoms with Crippen LogP contribution >= 0.6 is 12.2 Å². The number of carbonyl (C=O) groups is 2. The molecule has 0 aliphatic carbocycles. The summed E-state index contributed by atoms with van der Waals surface area (Å²) in [5.41, 5.74) is 1.76. The van der Waals surface area contributed by atoms with Crippen molar-refractivity contribution in [2.24, 2.45) is 0 Å². The summed E-state index contributed by atoms with van der Waals surface area (Å²) in [5.74, 6) is 0.846. The standard InChI is InChI=1S/C16H12N2O3S/c1-9(19)10-3-2-4-11(7-10)14-6-5-12(21-14)8-13-15(20)18-16(22)17-13/h2-8H,1H3,(H2,17,18,20,22). The van der Waals surface area contributed by atoms with Crippen molar-refractivity contribution in [3.63, 3.8) is 0 Å². The number of Topliss-reactive ketones (excluding diaryl/α,β-unsaturated/α-hetero) is 1. The number of carbonyl (C=O) groups excluding carboxylic acids is 2. The molecule has 0 radical (unpaired) electrons. The monoisotopic (exact) mass is 312 g/mol. The summed E-state index contributed by atoms with van der Waals surface area (Å²) in [7, 11) is 0. The molecule has 0 saturated carbocycles. The first kappa shape index (κ1) is 14.2. The van der Waals surface area contributed by atoms with Crippen LogP contribution in [0.15, 0.2) is 46.5 Å². The molecule has 0 atom stereocenters. The van der Waals surface area contributed by atoms with Gasteiger partial charge in [-0.15, -0.1) is 0 Å². The molecule has 1 aromatic carbocycles. The maximum Gasteiger partial charge on any atom is 0.274 e. The maximum absolute atomic E-state index is 11.6. The SMILES string of the molecule is CC(=O)c1cccc(-c2ccc(C=C3NC(=S)NC3=O)o2)c1. The summed E-state index contributed by atoms with van der Waals surface area (Å²) in [4.78, 5) is 23.0. The first-order valence-electron chi connectivity index (χ1n) is 6.58. The molecule has 3 rings (SSSR count). The van der Waals surface area contributed by atoms with E-state index in [1.54, 1.807) is 36.4 Å². The Labute approximate surface area is 132 Å². The third kappa shape index (κ3) is 2.82. The number of ketones is 1. The molecule has 1 amide bonds. The van der Waals surface area contributed by atoms with Crippen LogP contribution in [0.1, 0.15) is 23.0 Å². The number of amides is 1. The fourth-order valence-electron chi connectivity index (χ4n) is 2.10. The van der Waals surface area contributed by atoms with Gasteiger partial charge in [0.05, 0.1) is 0 Å². The zero-order valence-electron chi connectivity index (χ0n) is 11.7. The highest BCUT2D eigenvalue weighted by molar-refractivity contribution is 7.80. The van der Waals surface area contributed by atoms with Gasteiger partial charge in [0.25, 0.3) is 5.91 Å². The third-order valence-corrected chi connectivity index (χ3v) is 3.39. The average molecular weight is 312 g/mol. The van der Waals surface area contributed by atoms with Crippen molar-refractivity contribution in [2.75, 3.05) is 0 Å². The van der Waals surface area contributed by atoms with Gasteiger partial charge in [-0.05, 0) is 37.3 Å². The number of hydrogen-bond donors (Lipinski definition) is 2. The zero-order chi connectivity index (χ0) is 15.7. The fourth-order valence-corrected chi connectivity index (χ4v) is 2.30. The summed E-state index contributed by atoms with van der Waals surface area (Å²) in [6.07, 6.45) is 1.58. The quantitative estimate of drug-likeness (QED) is 0.517. The predicted molar refractivity (Wildman–Crippen MR) is 86.0 cm³/mol. The summed E-state index contributed by atoms with van der Waals surface area (Å²) in [6, 6.07) is 10.7. The Morgan fingerprint density at radius 1 is 1.23 bits per heavy atom. The molecule has 1 aliphatic heterocycles. The Bertz CT molecular complexity index is 820. The van der Waals surface area contributed by atoms with Crippen LogP contribution in [0.4, 0.5) is 0 Å². The lowest BCUT2D eigenvalue weighted by Crippen LogP contribution is -2.21. The highest BCUT2D eigenvalue weighted by Crippen LogP contribution is 2.24. The molecule has 2 heterocycles. The molecule has 0 bridgehead atoms. The molecule has 110 valence electrons. The summed E-state index contributed by atoms with van der Waals surface area (Å²) in [5, 5.41) is 5.51. The molecule has 5 nitrogen and oxygen atoms in total. The van der Waals surface area contributed by atoms with E-state index >= 15 is 0 Å². The van der Waals surface area contributed by atoms with Gasteiger partial charge in [0.1, 0.15) is 17.2 Å². The molecule has 0 unspecified atom stereocenters. The Balaban J connectivity index is 1.90. The smallest absolute Gasteiger partial charge is 0.274 e. The van der Waals surface area contributed by atoms with Crippen LogP contribution < -0.4 is 10.6 Å². The highest BCUT2D eigenvalue weighted by Gasteiger charge is 2.20. The van der Waals surface area contributed by atoms with Gasteiger partial charge in [0, 0.05) is 17.2 Å². The second kappa shape index (κ2) is 5.57. The van der Waals surface area contributed by atoms with Gasteiger partial charge in [-0.3, -0.25) is 14.9 Å². The molecular weight excluding hydrogens is 300 g/mol. The number of furan rings is 1. The first-order valence-corrected chi connectivity index (χ1v) is 6.99. The summed E-state index contributed by atoms with van der Waals surface area (Å²) in [6.45, 7) is 1.52. The number of hydrogen-bond acceptors (Lipinski definition) is 4. The van der Waals surface area contributed by atoms with Gasteiger partial charge in [0.15, 0.2) is 10.9 Å². The molecule has 1 aromatic heterocycles. The van der Waals surface area contributed by atoms with Crippen molar-refractivity contribution < 1.29 is 14.0 Å². The van der Waals surface area contributed by atoms with Gasteiger partial charge < -0.3 is 9.73 Å². The van der Waals surface area contributed by atoms with Crippen LogP contribution in [0.3, 0.4) is 0 Å². The van der Waals surface area contributed by atoms with E-state index < -0.39 is 0 Å². The molecular formula is C16H12N2O3S. The third-order valence-electron chi connectivity index (χ3n) is 3.19. The second-order valence-electron chi connectivity index (χ2n) is 4.81. The summed E-state index contributed by atoms with van der Waals surface area (Å²) < 4.78 is 5.70. The van der Waals surface area contributed by atoms with Crippen LogP contribution in [0.2, 0.25) is 0 Å². The Kier molecular flexibility index (Phi) is 3.60. The van der Waals surface area contributed by atoms with E-state index in [-0.39, 0.29) is 16.8 Å². The van der Waals surface area contributed by atoms with Crippen LogP contribution in [-0.2, 0) is 4.79 Å². The molecule has 2 N–H and O–H groups in total. The molecule has 1 fully saturated rings. The molecule has 1 aliphatic rings. The number of nitrogens with one attached hydrogen (secondary N) is 2. The van der Waals surface area contributed by atoms with Crippen LogP contribution in [0.5, 0.6) is 0 Å². The van der Waals surface area contributed by atoms with Crippen LogP contribution in [0.25, 0.3) is 17.4 Å². The van der Waals surface area contributed by atoms with Crippen molar-refractivity contribution >= 4 is 35.1 Å². The minimum Gasteiger partial charge on any atom is -0.457 e. The maximum atomic E-state index is 11.6. The lowest BCUT2D eigenvalue weighted by Gasteiger charge is -2.00. The molecule has 1 saturated heterocycles. The summed E-state index contributed by atoms with van der Waals surface area (Å²) >= 11 is 4.86. The van der Waals surface area contributed by atoms with Gasteiger partial charge in [-0.2, -0.15) is 0 Å². The second-order valence-corrected chi connectivity index (χ2v) is 5.21. The van der Waals surface area contributed by atoms with Crippen molar-refractivity contribution in [1.29, 1.82) is 0 Å². The van der Waals surface area contributed by atoms with E-state index in [1.165, 1.54) is 6.92 Å². The van der Waals surface area contributed by atoms with E-state index in [4.69, 9.17) is 16.6 Å². The highest BCUT2D eigenvalue weighted by atomic mass is 32.1. The lowest BCUT2D eigenvalue weighted by molar-refractivity contribution is -0.115. The molecule has 0 spiro atoms. The van der Waals surface area contributed by atoms with Crippen molar-refractivity contribution in [2.45, 2.75) is 6.92 Å². The van der Waals surface area contributed by atoms with Gasteiger partial charge >= 0.3 is 0 Å². The number of benzene rings is 1. The Hall–Kier alpha value is -2.73. The number of rotatable bonds is 3. The molecule has 6 heteroatoms. The van der Waals surface area contributed by atoms with E-state index in [0.29, 0.717) is 22.8 Å². The van der Waals surface area contributed by atoms with Crippen molar-refractivity contribution in [1.82, 2.24) is 10.6 Å². The van der Waals surface area contributed by atoms with Crippen molar-refractivity contribution in [3.05, 3.63) is 53.4 Å². The number of thiocarbonyl (C=S) groups is 1. The van der Waals surface area contributed by atoms with Crippen LogP contribution in [-0.4, -0.2) is 16.8 Å². The molecule has 2 aromatic rings. The lowest BCUT2D eigenvalue weighted by atomic mass is 10.1. The topological polar surface area (TPSA) is 71.3 Å². The van der Waals surface area contributed by atoms with Crippen LogP contribution in [0, 0.1) is 0 Å². The van der Waals surface area contributed by atoms with E-state index in [0.717, 1.165) is 5.56 Å². The molecule has 22 heavy (non-hydrogen) atoms. The van der Waals surface area contributed by atoms with Gasteiger partial charge in [-0.25, -0.2) is 0 Å². The van der Waals surface area contributed by atoms with E-state index in [9.17, 15) is 9.59 Å². The largest absolute Gasteiger partial charge is 0.457 e. The Morgan fingerprint density at radius 3 is 2.73 bits per heavy atom. The first-order chi connectivity index (χ1) is 10.5. The fraction of sp³-hybridized carbons (Fsp3) is 0.0625. The van der Waals surface area contributed by atoms with E-state index in [2.05, 4.69) is 10.6 Å². The minimum absolute atomic E-state index is 0.00362. The predicted octanol–water partition coefficient (Wildman–Crippen LogP) is 2.49. The Morgan fingerprint density at radius 2 is 2.05 bits per heavy atom. The van der Waals surface area contributed by atoms with Crippen molar-refractivity contribution in [3.8, 4) is 11.3 Å². The average Bonchev–Trinajstić information content (AvgIpc) is 3.06.